The molecule has 4 N–H and O–H groups in total. The molecular weight excluding hydrogens is 204 g/mol. The lowest BCUT2D eigenvalue weighted by atomic mass is 9.69. The van der Waals surface area contributed by atoms with Crippen molar-refractivity contribution in [2.75, 3.05) is 13.1 Å². The summed E-state index contributed by atoms with van der Waals surface area (Å²) in [6.07, 6.45) is 2.19. The zero-order chi connectivity index (χ0) is 12.0. The van der Waals surface area contributed by atoms with E-state index >= 15 is 0 Å². The number of fused-ring (bicyclic) bond motifs is 2. The molecule has 2 bridgehead atoms. The zero-order valence-corrected chi connectivity index (χ0v) is 10.1. The van der Waals surface area contributed by atoms with Gasteiger partial charge in [-0.3, -0.25) is 4.79 Å². The fourth-order valence-corrected chi connectivity index (χ4v) is 3.59. The number of nitrogens with one attached hydrogen (secondary N) is 1. The Kier molecular flexibility index (Phi) is 2.75. The molecule has 3 atom stereocenters. The molecule has 0 radical (unpaired) electrons. The highest BCUT2D eigenvalue weighted by Gasteiger charge is 2.64. The Morgan fingerprint density at radius 2 is 2.25 bits per heavy atom. The minimum Gasteiger partial charge on any atom is -0.391 e. The number of aliphatic hydroxyl groups is 1. The van der Waals surface area contributed by atoms with Gasteiger partial charge in [0, 0.05) is 13.1 Å². The Labute approximate surface area is 96.6 Å². The third kappa shape index (κ3) is 1.39. The van der Waals surface area contributed by atoms with Crippen LogP contribution >= 0.6 is 0 Å². The third-order valence-electron chi connectivity index (χ3n) is 4.71. The van der Waals surface area contributed by atoms with Gasteiger partial charge in [0.05, 0.1) is 11.5 Å². The Morgan fingerprint density at radius 1 is 1.56 bits per heavy atom. The van der Waals surface area contributed by atoms with Gasteiger partial charge in [-0.05, 0) is 30.6 Å². The molecule has 0 aromatic rings. The lowest BCUT2D eigenvalue weighted by Gasteiger charge is -2.39. The predicted molar refractivity (Wildman–Crippen MR) is 61.6 cm³/mol. The van der Waals surface area contributed by atoms with Crippen molar-refractivity contribution in [3.05, 3.63) is 0 Å². The normalized spacial score (nSPS) is 40.0. The maximum absolute atomic E-state index is 12.2. The highest BCUT2D eigenvalue weighted by molar-refractivity contribution is 5.84. The van der Waals surface area contributed by atoms with Crippen molar-refractivity contribution < 1.29 is 9.90 Å². The summed E-state index contributed by atoms with van der Waals surface area (Å²) in [4.78, 5) is 12.2. The van der Waals surface area contributed by atoms with Crippen molar-refractivity contribution in [1.82, 2.24) is 5.32 Å². The Bertz CT molecular complexity index is 303. The zero-order valence-electron chi connectivity index (χ0n) is 10.1. The molecule has 2 saturated carbocycles. The fourth-order valence-electron chi connectivity index (χ4n) is 3.59. The molecule has 0 aromatic carbocycles. The minimum absolute atomic E-state index is 0.00137. The Hall–Kier alpha value is -0.610. The summed E-state index contributed by atoms with van der Waals surface area (Å²) in [5, 5.41) is 13.2. The van der Waals surface area contributed by atoms with Crippen LogP contribution in [-0.2, 0) is 4.79 Å². The van der Waals surface area contributed by atoms with Crippen molar-refractivity contribution in [3.8, 4) is 0 Å². The molecule has 2 aliphatic carbocycles. The van der Waals surface area contributed by atoms with E-state index in [1.54, 1.807) is 0 Å². The lowest BCUT2D eigenvalue weighted by Crippen LogP contribution is -2.50. The fraction of sp³-hybridized carbons (Fsp3) is 0.917. The summed E-state index contributed by atoms with van der Waals surface area (Å²) in [6, 6.07) is 0. The van der Waals surface area contributed by atoms with Gasteiger partial charge in [0.2, 0.25) is 5.91 Å². The molecule has 0 unspecified atom stereocenters. The van der Waals surface area contributed by atoms with Crippen molar-refractivity contribution in [1.29, 1.82) is 0 Å². The van der Waals surface area contributed by atoms with Crippen LogP contribution < -0.4 is 11.1 Å². The summed E-state index contributed by atoms with van der Waals surface area (Å²) >= 11 is 0. The molecule has 2 aliphatic rings. The number of hydrogen-bond donors (Lipinski definition) is 3. The molecule has 2 fully saturated rings. The van der Waals surface area contributed by atoms with Crippen LogP contribution in [0.3, 0.4) is 0 Å². The largest absolute Gasteiger partial charge is 0.391 e. The molecule has 4 nitrogen and oxygen atoms in total. The maximum atomic E-state index is 12.2. The Morgan fingerprint density at radius 3 is 2.75 bits per heavy atom. The van der Waals surface area contributed by atoms with Gasteiger partial charge in [-0.25, -0.2) is 0 Å². The highest BCUT2D eigenvalue weighted by atomic mass is 16.3. The van der Waals surface area contributed by atoms with E-state index in [0.717, 1.165) is 19.3 Å². The van der Waals surface area contributed by atoms with Crippen molar-refractivity contribution in [3.63, 3.8) is 0 Å². The van der Waals surface area contributed by atoms with Crippen molar-refractivity contribution in [2.45, 2.75) is 39.2 Å². The maximum Gasteiger partial charge on any atom is 0.228 e. The standard InChI is InChI=1S/C12H22N2O2/c1-11(2)8-3-4-12(7-8,9(11)15)10(16)14-6-5-13/h8-9,15H,3-7,13H2,1-2H3,(H,14,16)/t8-,9-,12+/m0/s1. The van der Waals surface area contributed by atoms with Gasteiger partial charge in [-0.2, -0.15) is 0 Å². The quantitative estimate of drug-likeness (QED) is 0.645. The third-order valence-corrected chi connectivity index (χ3v) is 4.71. The molecule has 1 amide bonds. The smallest absolute Gasteiger partial charge is 0.228 e. The van der Waals surface area contributed by atoms with E-state index in [9.17, 15) is 9.90 Å². The molecule has 16 heavy (non-hydrogen) atoms. The summed E-state index contributed by atoms with van der Waals surface area (Å²) in [6.45, 7) is 5.09. The summed E-state index contributed by atoms with van der Waals surface area (Å²) in [5.41, 5.74) is 4.72. The van der Waals surface area contributed by atoms with Gasteiger partial charge in [-0.1, -0.05) is 13.8 Å². The van der Waals surface area contributed by atoms with Gasteiger partial charge >= 0.3 is 0 Å². The molecule has 0 aliphatic heterocycles. The van der Waals surface area contributed by atoms with Crippen molar-refractivity contribution >= 4 is 5.91 Å². The lowest BCUT2D eigenvalue weighted by molar-refractivity contribution is -0.140. The average molecular weight is 226 g/mol. The molecule has 0 spiro atoms. The molecule has 2 rings (SSSR count). The van der Waals surface area contributed by atoms with Gasteiger partial charge < -0.3 is 16.2 Å². The molecule has 0 heterocycles. The monoisotopic (exact) mass is 226 g/mol. The van der Waals surface area contributed by atoms with Crippen LogP contribution in [0.5, 0.6) is 0 Å². The van der Waals surface area contributed by atoms with Crippen LogP contribution in [-0.4, -0.2) is 30.2 Å². The van der Waals surface area contributed by atoms with E-state index in [-0.39, 0.29) is 11.3 Å². The number of aliphatic hydroxyl groups excluding tert-OH is 1. The van der Waals surface area contributed by atoms with E-state index in [4.69, 9.17) is 5.73 Å². The average Bonchev–Trinajstić information content (AvgIpc) is 2.76. The second kappa shape index (κ2) is 3.70. The second-order valence-corrected chi connectivity index (χ2v) is 5.86. The highest BCUT2D eigenvalue weighted by Crippen LogP contribution is 2.62. The van der Waals surface area contributed by atoms with Crippen LogP contribution in [0.1, 0.15) is 33.1 Å². The van der Waals surface area contributed by atoms with Crippen LogP contribution in [0, 0.1) is 16.7 Å². The first-order chi connectivity index (χ1) is 7.45. The van der Waals surface area contributed by atoms with Gasteiger partial charge in [0.1, 0.15) is 0 Å². The summed E-state index contributed by atoms with van der Waals surface area (Å²) in [7, 11) is 0. The van der Waals surface area contributed by atoms with E-state index in [1.807, 2.05) is 0 Å². The first-order valence-electron chi connectivity index (χ1n) is 6.11. The molecule has 0 saturated heterocycles. The van der Waals surface area contributed by atoms with Gasteiger partial charge in [0.25, 0.3) is 0 Å². The topological polar surface area (TPSA) is 75.4 Å². The number of carbonyl (C=O) groups excluding carboxylic acids is 1. The molecule has 0 aromatic heterocycles. The summed E-state index contributed by atoms with van der Waals surface area (Å²) in [5.74, 6) is 0.477. The van der Waals surface area contributed by atoms with Crippen LogP contribution in [0.4, 0.5) is 0 Å². The number of rotatable bonds is 3. The second-order valence-electron chi connectivity index (χ2n) is 5.86. The van der Waals surface area contributed by atoms with Crippen LogP contribution in [0.25, 0.3) is 0 Å². The molecule has 4 heteroatoms. The van der Waals surface area contributed by atoms with Crippen LogP contribution in [0.15, 0.2) is 0 Å². The van der Waals surface area contributed by atoms with Crippen molar-refractivity contribution in [2.24, 2.45) is 22.5 Å². The molecule has 92 valence electrons. The molecular formula is C12H22N2O2. The first kappa shape index (κ1) is 11.9. The SMILES string of the molecule is CC1(C)[C@H]2CC[C@@](C(=O)NCCN)(C2)[C@H]1O. The van der Waals surface area contributed by atoms with Gasteiger partial charge in [-0.15, -0.1) is 0 Å². The Balaban J connectivity index is 2.17. The van der Waals surface area contributed by atoms with Crippen LogP contribution in [0.2, 0.25) is 0 Å². The van der Waals surface area contributed by atoms with E-state index in [0.29, 0.717) is 19.0 Å². The van der Waals surface area contributed by atoms with Gasteiger partial charge in [0.15, 0.2) is 0 Å². The van der Waals surface area contributed by atoms with E-state index < -0.39 is 11.5 Å². The minimum atomic E-state index is -0.538. The number of nitrogens with two attached hydrogens (primary N) is 1. The van der Waals surface area contributed by atoms with E-state index in [1.165, 1.54) is 0 Å². The van der Waals surface area contributed by atoms with E-state index in [2.05, 4.69) is 19.2 Å². The number of hydrogen-bond acceptors (Lipinski definition) is 3. The number of amides is 1. The predicted octanol–water partition coefficient (Wildman–Crippen LogP) is 0.249. The summed E-state index contributed by atoms with van der Waals surface area (Å²) < 4.78 is 0. The first-order valence-corrected chi connectivity index (χ1v) is 6.11. The number of carbonyl (C=O) groups is 1.